The number of aromatic hydroxyl groups is 1. The van der Waals surface area contributed by atoms with Crippen LogP contribution in [0.1, 0.15) is 21.5 Å². The van der Waals surface area contributed by atoms with E-state index < -0.39 is 34.1 Å². The van der Waals surface area contributed by atoms with Crippen molar-refractivity contribution in [3.8, 4) is 5.75 Å². The predicted octanol–water partition coefficient (Wildman–Crippen LogP) is 1.49. The van der Waals surface area contributed by atoms with Crippen molar-refractivity contribution in [2.75, 3.05) is 6.54 Å². The van der Waals surface area contributed by atoms with Gasteiger partial charge in [0.25, 0.3) is 0 Å². The zero-order chi connectivity index (χ0) is 18.6. The van der Waals surface area contributed by atoms with E-state index in [0.717, 1.165) is 5.56 Å². The van der Waals surface area contributed by atoms with Crippen molar-refractivity contribution in [1.82, 2.24) is 4.72 Å². The van der Waals surface area contributed by atoms with Crippen LogP contribution in [0.2, 0.25) is 0 Å². The molecule has 0 aliphatic heterocycles. The summed E-state index contributed by atoms with van der Waals surface area (Å²) in [4.78, 5) is 22.8. The van der Waals surface area contributed by atoms with E-state index in [9.17, 15) is 23.1 Å². The van der Waals surface area contributed by atoms with Gasteiger partial charge in [-0.25, -0.2) is 17.9 Å². The summed E-state index contributed by atoms with van der Waals surface area (Å²) in [5.74, 6) is -2.14. The molecule has 0 atom stereocenters. The van der Waals surface area contributed by atoms with Crippen molar-refractivity contribution in [1.29, 1.82) is 0 Å². The number of ketones is 1. The maximum Gasteiger partial charge on any atom is 0.339 e. The molecule has 25 heavy (non-hydrogen) atoms. The number of sulfonamides is 1. The Kier molecular flexibility index (Phi) is 5.55. The third kappa shape index (κ3) is 4.88. The molecule has 2 aromatic carbocycles. The first kappa shape index (κ1) is 18.6. The number of carbonyl (C=O) groups is 2. The minimum atomic E-state index is -3.79. The zero-order valence-electron chi connectivity index (χ0n) is 13.4. The lowest BCUT2D eigenvalue weighted by Gasteiger charge is -2.07. The first-order valence-corrected chi connectivity index (χ1v) is 8.80. The Hall–Kier alpha value is -2.71. The van der Waals surface area contributed by atoms with Gasteiger partial charge in [0.2, 0.25) is 10.0 Å². The first-order chi connectivity index (χ1) is 11.7. The summed E-state index contributed by atoms with van der Waals surface area (Å²) >= 11 is 0. The summed E-state index contributed by atoms with van der Waals surface area (Å²) in [6, 6.07) is 9.98. The van der Waals surface area contributed by atoms with Gasteiger partial charge in [-0.3, -0.25) is 4.79 Å². The summed E-state index contributed by atoms with van der Waals surface area (Å²) in [5.41, 5.74) is 1.04. The Balaban J connectivity index is 2.00. The Morgan fingerprint density at radius 1 is 1.08 bits per heavy atom. The van der Waals surface area contributed by atoms with Gasteiger partial charge in [0, 0.05) is 6.42 Å². The molecule has 3 N–H and O–H groups in total. The van der Waals surface area contributed by atoms with E-state index >= 15 is 0 Å². The fraction of sp³-hybridized carbons (Fsp3) is 0.176. The van der Waals surface area contributed by atoms with E-state index in [-0.39, 0.29) is 16.9 Å². The Morgan fingerprint density at radius 3 is 2.28 bits per heavy atom. The number of hydrogen-bond acceptors (Lipinski definition) is 5. The number of Topliss-reactive ketones (excluding diaryl/α,β-unsaturated/α-hetero) is 1. The quantitative estimate of drug-likeness (QED) is 0.685. The predicted molar refractivity (Wildman–Crippen MR) is 90.1 cm³/mol. The fourth-order valence-corrected chi connectivity index (χ4v) is 3.15. The molecule has 0 amide bonds. The van der Waals surface area contributed by atoms with E-state index in [0.29, 0.717) is 5.56 Å². The van der Waals surface area contributed by atoms with Crippen LogP contribution < -0.4 is 4.72 Å². The number of aromatic carboxylic acids is 1. The molecular weight excluding hydrogens is 346 g/mol. The number of phenols is 1. The minimum Gasteiger partial charge on any atom is -0.507 e. The molecule has 0 aliphatic carbocycles. The van der Waals surface area contributed by atoms with E-state index in [4.69, 9.17) is 5.11 Å². The molecule has 0 aliphatic rings. The summed E-state index contributed by atoms with van der Waals surface area (Å²) in [6.45, 7) is 1.43. The van der Waals surface area contributed by atoms with Crippen LogP contribution in [-0.2, 0) is 21.2 Å². The Labute approximate surface area is 145 Å². The minimum absolute atomic E-state index is 0.0642. The molecule has 2 aromatic rings. The van der Waals surface area contributed by atoms with Gasteiger partial charge in [0.15, 0.2) is 5.78 Å². The van der Waals surface area contributed by atoms with Crippen LogP contribution in [0.25, 0.3) is 0 Å². The van der Waals surface area contributed by atoms with Crippen LogP contribution in [0, 0.1) is 6.92 Å². The van der Waals surface area contributed by atoms with Crippen LogP contribution in [-0.4, -0.2) is 36.9 Å². The summed E-state index contributed by atoms with van der Waals surface area (Å²) in [5, 5.41) is 18.4. The molecule has 0 bridgehead atoms. The largest absolute Gasteiger partial charge is 0.507 e. The molecule has 0 saturated heterocycles. The van der Waals surface area contributed by atoms with E-state index in [1.165, 1.54) is 30.3 Å². The lowest BCUT2D eigenvalue weighted by Crippen LogP contribution is -2.30. The second-order valence-corrected chi connectivity index (χ2v) is 7.28. The Bertz CT molecular complexity index is 903. The van der Waals surface area contributed by atoms with Crippen molar-refractivity contribution in [2.45, 2.75) is 18.2 Å². The molecule has 0 spiro atoms. The van der Waals surface area contributed by atoms with Crippen molar-refractivity contribution in [3.63, 3.8) is 0 Å². The number of rotatable bonds is 7. The van der Waals surface area contributed by atoms with Crippen molar-refractivity contribution in [3.05, 3.63) is 59.2 Å². The number of nitrogens with one attached hydrogen (secondary N) is 1. The third-order valence-electron chi connectivity index (χ3n) is 3.48. The average molecular weight is 363 g/mol. The van der Waals surface area contributed by atoms with Crippen LogP contribution >= 0.6 is 0 Å². The van der Waals surface area contributed by atoms with E-state index in [2.05, 4.69) is 4.72 Å². The average Bonchev–Trinajstić information content (AvgIpc) is 2.53. The molecule has 0 radical (unpaired) electrons. The van der Waals surface area contributed by atoms with Crippen LogP contribution in [0.15, 0.2) is 47.4 Å². The highest BCUT2D eigenvalue weighted by Crippen LogP contribution is 2.19. The van der Waals surface area contributed by atoms with E-state index in [1.54, 1.807) is 12.1 Å². The molecule has 0 aromatic heterocycles. The molecule has 8 heteroatoms. The molecule has 2 rings (SSSR count). The van der Waals surface area contributed by atoms with Gasteiger partial charge in [-0.05, 0) is 36.8 Å². The summed E-state index contributed by atoms with van der Waals surface area (Å²) in [6.07, 6.45) is -0.135. The SMILES string of the molecule is Cc1ccc(S(=O)(=O)NCC(=O)Cc2ccc(C(=O)O)c(O)c2)cc1. The van der Waals surface area contributed by atoms with E-state index in [1.807, 2.05) is 6.92 Å². The van der Waals surface area contributed by atoms with Gasteiger partial charge in [-0.2, -0.15) is 0 Å². The summed E-state index contributed by atoms with van der Waals surface area (Å²) < 4.78 is 26.4. The summed E-state index contributed by atoms with van der Waals surface area (Å²) in [7, 11) is -3.79. The second-order valence-electron chi connectivity index (χ2n) is 5.51. The molecule has 0 heterocycles. The molecule has 0 fully saturated rings. The third-order valence-corrected chi connectivity index (χ3v) is 4.90. The molecular formula is C17H17NO6S. The maximum atomic E-state index is 12.1. The molecule has 0 unspecified atom stereocenters. The second kappa shape index (κ2) is 7.45. The zero-order valence-corrected chi connectivity index (χ0v) is 14.2. The Morgan fingerprint density at radius 2 is 1.72 bits per heavy atom. The van der Waals surface area contributed by atoms with Gasteiger partial charge in [0.05, 0.1) is 11.4 Å². The monoisotopic (exact) mass is 363 g/mol. The molecule has 132 valence electrons. The number of benzene rings is 2. The van der Waals surface area contributed by atoms with Crippen molar-refractivity contribution in [2.24, 2.45) is 0 Å². The maximum absolute atomic E-state index is 12.1. The van der Waals surface area contributed by atoms with Gasteiger partial charge < -0.3 is 10.2 Å². The highest BCUT2D eigenvalue weighted by Gasteiger charge is 2.16. The number of hydrogen-bond donors (Lipinski definition) is 3. The smallest absolute Gasteiger partial charge is 0.339 e. The number of carboxylic acid groups (broad SMARTS) is 1. The lowest BCUT2D eigenvalue weighted by atomic mass is 10.1. The standard InChI is InChI=1S/C17H17NO6S/c1-11-2-5-14(6-3-11)25(23,24)18-10-13(19)8-12-4-7-15(17(21)22)16(20)9-12/h2-7,9,18,20H,8,10H2,1H3,(H,21,22). The highest BCUT2D eigenvalue weighted by atomic mass is 32.2. The van der Waals surface area contributed by atoms with Gasteiger partial charge in [-0.15, -0.1) is 0 Å². The molecule has 7 nitrogen and oxygen atoms in total. The topological polar surface area (TPSA) is 121 Å². The lowest BCUT2D eigenvalue weighted by molar-refractivity contribution is -0.117. The van der Waals surface area contributed by atoms with Crippen molar-refractivity contribution >= 4 is 21.8 Å². The number of carboxylic acids is 1. The van der Waals surface area contributed by atoms with Crippen LogP contribution in [0.4, 0.5) is 0 Å². The first-order valence-electron chi connectivity index (χ1n) is 7.32. The number of aryl methyl sites for hydroxylation is 1. The highest BCUT2D eigenvalue weighted by molar-refractivity contribution is 7.89. The van der Waals surface area contributed by atoms with Gasteiger partial charge >= 0.3 is 5.97 Å². The molecule has 0 saturated carbocycles. The van der Waals surface area contributed by atoms with Gasteiger partial charge in [0.1, 0.15) is 11.3 Å². The van der Waals surface area contributed by atoms with Crippen molar-refractivity contribution < 1.29 is 28.2 Å². The normalized spacial score (nSPS) is 11.2. The number of carbonyl (C=O) groups excluding carboxylic acids is 1. The van der Waals surface area contributed by atoms with Crippen LogP contribution in [0.3, 0.4) is 0 Å². The fourth-order valence-electron chi connectivity index (χ4n) is 2.13. The van der Waals surface area contributed by atoms with Gasteiger partial charge in [-0.1, -0.05) is 23.8 Å². The van der Waals surface area contributed by atoms with Crippen LogP contribution in [0.5, 0.6) is 5.75 Å².